The van der Waals surface area contributed by atoms with Crippen LogP contribution in [-0.2, 0) is 0 Å². The first-order valence-electron chi connectivity index (χ1n) is 6.00. The van der Waals surface area contributed by atoms with Gasteiger partial charge in [0.1, 0.15) is 0 Å². The maximum Gasteiger partial charge on any atom is 0.0217 e. The predicted octanol–water partition coefficient (Wildman–Crippen LogP) is 5.42. The van der Waals surface area contributed by atoms with E-state index in [1.807, 2.05) is 0 Å². The monoisotopic (exact) mass is 344 g/mol. The number of halogens is 1. The Morgan fingerprint density at radius 1 is 0.778 bits per heavy atom. The first-order valence-corrected chi connectivity index (χ1v) is 7.08. The number of aryl methyl sites for hydroxylation is 1. The molecule has 0 aliphatic heterocycles. The van der Waals surface area contributed by atoms with Gasteiger partial charge in [-0.3, -0.25) is 0 Å². The number of benzene rings is 3. The maximum atomic E-state index is 2.44. The highest BCUT2D eigenvalue weighted by molar-refractivity contribution is 14.1. The van der Waals surface area contributed by atoms with Crippen LogP contribution in [0.5, 0.6) is 0 Å². The average Bonchev–Trinajstić information content (AvgIpc) is 2.40. The fraction of sp³-hybridized carbons (Fsp3) is 0.0588. The van der Waals surface area contributed by atoms with Crippen LogP contribution >= 0.6 is 22.6 Å². The summed E-state index contributed by atoms with van der Waals surface area (Å²) in [7, 11) is 0. The summed E-state index contributed by atoms with van der Waals surface area (Å²) in [5, 5.41) is 2.69. The second kappa shape index (κ2) is 4.73. The number of rotatable bonds is 1. The van der Waals surface area contributed by atoms with Crippen LogP contribution in [-0.4, -0.2) is 0 Å². The van der Waals surface area contributed by atoms with Crippen molar-refractivity contribution in [3.8, 4) is 11.1 Å². The van der Waals surface area contributed by atoms with Gasteiger partial charge in [0.25, 0.3) is 0 Å². The predicted molar refractivity (Wildman–Crippen MR) is 86.8 cm³/mol. The lowest BCUT2D eigenvalue weighted by atomic mass is 9.96. The molecule has 0 unspecified atom stereocenters. The zero-order valence-corrected chi connectivity index (χ0v) is 12.3. The molecule has 0 aliphatic rings. The third kappa shape index (κ3) is 1.93. The SMILES string of the molecule is Cc1cc(I)c(-c2ccccc2)c2ccccc12. The van der Waals surface area contributed by atoms with Gasteiger partial charge < -0.3 is 0 Å². The molecule has 1 heteroatoms. The van der Waals surface area contributed by atoms with E-state index in [0.717, 1.165) is 0 Å². The maximum absolute atomic E-state index is 2.44. The summed E-state index contributed by atoms with van der Waals surface area (Å²) in [6.07, 6.45) is 0. The smallest absolute Gasteiger partial charge is 0.0217 e. The normalized spacial score (nSPS) is 10.8. The van der Waals surface area contributed by atoms with Gasteiger partial charge in [0.2, 0.25) is 0 Å². The van der Waals surface area contributed by atoms with Crippen LogP contribution in [0.25, 0.3) is 21.9 Å². The standard InChI is InChI=1S/C17H13I/c1-12-11-16(18)17(13-7-3-2-4-8-13)15-10-6-5-9-14(12)15/h2-11H,1H3. The Bertz CT molecular complexity index is 699. The average molecular weight is 344 g/mol. The van der Waals surface area contributed by atoms with Gasteiger partial charge in [-0.2, -0.15) is 0 Å². The van der Waals surface area contributed by atoms with Crippen LogP contribution in [0, 0.1) is 10.5 Å². The van der Waals surface area contributed by atoms with Crippen LogP contribution in [0.3, 0.4) is 0 Å². The summed E-state index contributed by atoms with van der Waals surface area (Å²) >= 11 is 2.44. The highest BCUT2D eigenvalue weighted by Crippen LogP contribution is 2.34. The number of hydrogen-bond acceptors (Lipinski definition) is 0. The van der Waals surface area contributed by atoms with E-state index >= 15 is 0 Å². The van der Waals surface area contributed by atoms with Gasteiger partial charge in [0.05, 0.1) is 0 Å². The molecule has 0 spiro atoms. The molecular formula is C17H13I. The fourth-order valence-electron chi connectivity index (χ4n) is 2.41. The highest BCUT2D eigenvalue weighted by Gasteiger charge is 2.09. The van der Waals surface area contributed by atoms with Crippen molar-refractivity contribution in [3.05, 3.63) is 69.8 Å². The Morgan fingerprint density at radius 3 is 2.11 bits per heavy atom. The van der Waals surface area contributed by atoms with Gasteiger partial charge in [-0.25, -0.2) is 0 Å². The number of hydrogen-bond donors (Lipinski definition) is 0. The molecular weight excluding hydrogens is 331 g/mol. The third-order valence-electron chi connectivity index (χ3n) is 3.27. The molecule has 0 saturated heterocycles. The van der Waals surface area contributed by atoms with E-state index in [-0.39, 0.29) is 0 Å². The zero-order valence-electron chi connectivity index (χ0n) is 10.2. The quantitative estimate of drug-likeness (QED) is 0.517. The van der Waals surface area contributed by atoms with Crippen molar-refractivity contribution >= 4 is 33.4 Å². The Balaban J connectivity index is 2.42. The molecule has 0 N–H and O–H groups in total. The molecule has 18 heavy (non-hydrogen) atoms. The summed E-state index contributed by atoms with van der Waals surface area (Å²) in [4.78, 5) is 0. The van der Waals surface area contributed by atoms with Crippen molar-refractivity contribution in [2.45, 2.75) is 6.92 Å². The molecule has 3 rings (SSSR count). The van der Waals surface area contributed by atoms with Crippen molar-refractivity contribution in [2.75, 3.05) is 0 Å². The van der Waals surface area contributed by atoms with Gasteiger partial charge in [0, 0.05) is 9.13 Å². The van der Waals surface area contributed by atoms with Gasteiger partial charge in [-0.15, -0.1) is 0 Å². The van der Waals surface area contributed by atoms with Crippen molar-refractivity contribution in [1.82, 2.24) is 0 Å². The van der Waals surface area contributed by atoms with E-state index in [2.05, 4.69) is 90.2 Å². The molecule has 0 nitrogen and oxygen atoms in total. The molecule has 0 amide bonds. The molecule has 0 fully saturated rings. The minimum absolute atomic E-state index is 1.29. The van der Waals surface area contributed by atoms with E-state index in [4.69, 9.17) is 0 Å². The van der Waals surface area contributed by atoms with E-state index in [0.29, 0.717) is 0 Å². The molecule has 3 aromatic carbocycles. The molecule has 3 aromatic rings. The van der Waals surface area contributed by atoms with Crippen molar-refractivity contribution in [2.24, 2.45) is 0 Å². The van der Waals surface area contributed by atoms with Crippen molar-refractivity contribution in [3.63, 3.8) is 0 Å². The Labute approximate surface area is 121 Å². The van der Waals surface area contributed by atoms with Crippen LogP contribution in [0.1, 0.15) is 5.56 Å². The highest BCUT2D eigenvalue weighted by atomic mass is 127. The lowest BCUT2D eigenvalue weighted by Gasteiger charge is -2.12. The molecule has 0 aliphatic carbocycles. The van der Waals surface area contributed by atoms with E-state index in [1.54, 1.807) is 0 Å². The molecule has 88 valence electrons. The Hall–Kier alpha value is -1.35. The van der Waals surface area contributed by atoms with E-state index < -0.39 is 0 Å². The fourth-order valence-corrected chi connectivity index (χ4v) is 3.48. The molecule has 0 aromatic heterocycles. The molecule has 0 heterocycles. The van der Waals surface area contributed by atoms with E-state index in [9.17, 15) is 0 Å². The topological polar surface area (TPSA) is 0 Å². The summed E-state index contributed by atoms with van der Waals surface area (Å²) < 4.78 is 1.31. The first-order chi connectivity index (χ1) is 8.77. The lowest BCUT2D eigenvalue weighted by molar-refractivity contribution is 1.50. The summed E-state index contributed by atoms with van der Waals surface area (Å²) in [6.45, 7) is 2.18. The summed E-state index contributed by atoms with van der Waals surface area (Å²) in [5.74, 6) is 0. The second-order valence-electron chi connectivity index (χ2n) is 4.46. The van der Waals surface area contributed by atoms with E-state index in [1.165, 1.54) is 31.0 Å². The lowest BCUT2D eigenvalue weighted by Crippen LogP contribution is -1.88. The van der Waals surface area contributed by atoms with Gasteiger partial charge >= 0.3 is 0 Å². The van der Waals surface area contributed by atoms with Crippen molar-refractivity contribution < 1.29 is 0 Å². The Morgan fingerprint density at radius 2 is 1.39 bits per heavy atom. The summed E-state index contributed by atoms with van der Waals surface area (Å²) in [6, 6.07) is 21.5. The van der Waals surface area contributed by atoms with Crippen LogP contribution in [0.15, 0.2) is 60.7 Å². The largest absolute Gasteiger partial charge is 0.0622 e. The van der Waals surface area contributed by atoms with Crippen LogP contribution in [0.4, 0.5) is 0 Å². The zero-order chi connectivity index (χ0) is 12.5. The third-order valence-corrected chi connectivity index (χ3v) is 4.12. The number of fused-ring (bicyclic) bond motifs is 1. The second-order valence-corrected chi connectivity index (χ2v) is 5.62. The Kier molecular flexibility index (Phi) is 3.08. The van der Waals surface area contributed by atoms with Crippen LogP contribution in [0.2, 0.25) is 0 Å². The van der Waals surface area contributed by atoms with Gasteiger partial charge in [-0.1, -0.05) is 54.6 Å². The van der Waals surface area contributed by atoms with Crippen molar-refractivity contribution in [1.29, 1.82) is 0 Å². The minimum atomic E-state index is 1.29. The minimum Gasteiger partial charge on any atom is -0.0622 e. The first kappa shape index (κ1) is 11.7. The van der Waals surface area contributed by atoms with Crippen LogP contribution < -0.4 is 0 Å². The molecule has 0 radical (unpaired) electrons. The molecule has 0 bridgehead atoms. The summed E-state index contributed by atoms with van der Waals surface area (Å²) in [5.41, 5.74) is 3.98. The van der Waals surface area contributed by atoms with Gasteiger partial charge in [-0.05, 0) is 57.5 Å². The molecule has 0 atom stereocenters. The van der Waals surface area contributed by atoms with Gasteiger partial charge in [0.15, 0.2) is 0 Å². The molecule has 0 saturated carbocycles.